The van der Waals surface area contributed by atoms with E-state index >= 15 is 0 Å². The number of rotatable bonds is 5. The molecule has 82 valence electrons. The van der Waals surface area contributed by atoms with E-state index in [-0.39, 0.29) is 11.9 Å². The lowest BCUT2D eigenvalue weighted by Gasteiger charge is -2.13. The summed E-state index contributed by atoms with van der Waals surface area (Å²) in [7, 11) is 0. The number of hydrogen-bond donors (Lipinski definition) is 1. The second-order valence-electron chi connectivity index (χ2n) is 3.33. The van der Waals surface area contributed by atoms with Crippen LogP contribution in [0.3, 0.4) is 0 Å². The highest BCUT2D eigenvalue weighted by molar-refractivity contribution is 5.78. The summed E-state index contributed by atoms with van der Waals surface area (Å²) in [4.78, 5) is 11.7. The Balaban J connectivity index is 2.67. The van der Waals surface area contributed by atoms with Gasteiger partial charge in [0.1, 0.15) is 6.61 Å². The van der Waals surface area contributed by atoms with E-state index in [9.17, 15) is 4.79 Å². The normalized spacial score (nSPS) is 12.1. The smallest absolute Gasteiger partial charge is 0.313 e. The SMILES string of the molecule is CCC(C(=O)OCCN)c1ccccc1. The minimum atomic E-state index is -0.186. The molecule has 1 rings (SSSR count). The molecule has 3 nitrogen and oxygen atoms in total. The summed E-state index contributed by atoms with van der Waals surface area (Å²) in [6, 6.07) is 9.67. The lowest BCUT2D eigenvalue weighted by atomic mass is 9.97. The minimum absolute atomic E-state index is 0.169. The first kappa shape index (κ1) is 11.7. The lowest BCUT2D eigenvalue weighted by Crippen LogP contribution is -2.19. The molecule has 15 heavy (non-hydrogen) atoms. The van der Waals surface area contributed by atoms with E-state index in [1.54, 1.807) is 0 Å². The van der Waals surface area contributed by atoms with E-state index in [0.717, 1.165) is 12.0 Å². The van der Waals surface area contributed by atoms with Crippen molar-refractivity contribution in [3.63, 3.8) is 0 Å². The van der Waals surface area contributed by atoms with Crippen LogP contribution in [0.25, 0.3) is 0 Å². The zero-order valence-corrected chi connectivity index (χ0v) is 8.98. The first-order valence-corrected chi connectivity index (χ1v) is 5.21. The third-order valence-electron chi connectivity index (χ3n) is 2.26. The van der Waals surface area contributed by atoms with Gasteiger partial charge in [-0.2, -0.15) is 0 Å². The van der Waals surface area contributed by atoms with Crippen LogP contribution < -0.4 is 5.73 Å². The Kier molecular flexibility index (Phi) is 4.84. The Morgan fingerprint density at radius 1 is 1.40 bits per heavy atom. The van der Waals surface area contributed by atoms with Crippen LogP contribution in [-0.4, -0.2) is 19.1 Å². The predicted molar refractivity (Wildman–Crippen MR) is 59.5 cm³/mol. The van der Waals surface area contributed by atoms with E-state index in [4.69, 9.17) is 10.5 Å². The molecule has 2 N–H and O–H groups in total. The van der Waals surface area contributed by atoms with Crippen molar-refractivity contribution < 1.29 is 9.53 Å². The Hall–Kier alpha value is -1.35. The average Bonchev–Trinajstić information content (AvgIpc) is 2.29. The van der Waals surface area contributed by atoms with Gasteiger partial charge < -0.3 is 10.5 Å². The number of nitrogens with two attached hydrogens (primary N) is 1. The number of benzene rings is 1. The summed E-state index contributed by atoms with van der Waals surface area (Å²) >= 11 is 0. The summed E-state index contributed by atoms with van der Waals surface area (Å²) in [5.41, 5.74) is 6.28. The fourth-order valence-electron chi connectivity index (χ4n) is 1.48. The first-order valence-electron chi connectivity index (χ1n) is 5.21. The van der Waals surface area contributed by atoms with Crippen molar-refractivity contribution in [3.05, 3.63) is 35.9 Å². The van der Waals surface area contributed by atoms with Gasteiger partial charge in [0, 0.05) is 6.54 Å². The van der Waals surface area contributed by atoms with Crippen LogP contribution in [0.4, 0.5) is 0 Å². The molecule has 0 aliphatic rings. The Bertz CT molecular complexity index is 298. The van der Waals surface area contributed by atoms with Gasteiger partial charge in [-0.3, -0.25) is 4.79 Å². The van der Waals surface area contributed by atoms with Gasteiger partial charge in [-0.25, -0.2) is 0 Å². The van der Waals surface area contributed by atoms with Gasteiger partial charge in [0.2, 0.25) is 0 Å². The van der Waals surface area contributed by atoms with E-state index < -0.39 is 0 Å². The van der Waals surface area contributed by atoms with Crippen molar-refractivity contribution in [2.45, 2.75) is 19.3 Å². The Morgan fingerprint density at radius 3 is 2.60 bits per heavy atom. The van der Waals surface area contributed by atoms with E-state index in [0.29, 0.717) is 13.2 Å². The molecule has 0 amide bonds. The maximum Gasteiger partial charge on any atom is 0.313 e. The standard InChI is InChI=1S/C12H17NO2/c1-2-11(12(14)15-9-8-13)10-6-4-3-5-7-10/h3-7,11H,2,8-9,13H2,1H3. The van der Waals surface area contributed by atoms with Gasteiger partial charge in [-0.1, -0.05) is 37.3 Å². The van der Waals surface area contributed by atoms with E-state index in [1.807, 2.05) is 37.3 Å². The van der Waals surface area contributed by atoms with Gasteiger partial charge >= 0.3 is 5.97 Å². The predicted octanol–water partition coefficient (Wildman–Crippen LogP) is 1.68. The number of carbonyl (C=O) groups is 1. The summed E-state index contributed by atoms with van der Waals surface area (Å²) in [6.07, 6.45) is 0.743. The molecule has 0 saturated heterocycles. The molecule has 0 aliphatic carbocycles. The summed E-state index contributed by atoms with van der Waals surface area (Å²) in [6.45, 7) is 2.64. The van der Waals surface area contributed by atoms with Gasteiger partial charge in [-0.05, 0) is 12.0 Å². The Morgan fingerprint density at radius 2 is 2.07 bits per heavy atom. The largest absolute Gasteiger partial charge is 0.464 e. The van der Waals surface area contributed by atoms with Crippen molar-refractivity contribution in [2.24, 2.45) is 5.73 Å². The molecule has 0 bridgehead atoms. The molecule has 1 unspecified atom stereocenters. The Labute approximate surface area is 90.2 Å². The molecule has 0 spiro atoms. The maximum atomic E-state index is 11.7. The second-order valence-corrected chi connectivity index (χ2v) is 3.33. The molecule has 0 aliphatic heterocycles. The van der Waals surface area contributed by atoms with Gasteiger partial charge in [0.15, 0.2) is 0 Å². The molecule has 1 atom stereocenters. The first-order chi connectivity index (χ1) is 7.29. The average molecular weight is 207 g/mol. The number of ether oxygens (including phenoxy) is 1. The van der Waals surface area contributed by atoms with Crippen molar-refractivity contribution in [2.75, 3.05) is 13.2 Å². The second kappa shape index (κ2) is 6.19. The van der Waals surface area contributed by atoms with Gasteiger partial charge in [0.25, 0.3) is 0 Å². The molecule has 0 saturated carbocycles. The number of hydrogen-bond acceptors (Lipinski definition) is 3. The highest BCUT2D eigenvalue weighted by Crippen LogP contribution is 2.20. The number of carbonyl (C=O) groups excluding carboxylic acids is 1. The van der Waals surface area contributed by atoms with Crippen molar-refractivity contribution in [1.82, 2.24) is 0 Å². The molecular formula is C12H17NO2. The minimum Gasteiger partial charge on any atom is -0.464 e. The van der Waals surface area contributed by atoms with Crippen LogP contribution in [0.5, 0.6) is 0 Å². The summed E-state index contributed by atoms with van der Waals surface area (Å²) < 4.78 is 5.03. The van der Waals surface area contributed by atoms with Crippen LogP contribution in [-0.2, 0) is 9.53 Å². The molecule has 1 aromatic carbocycles. The molecule has 1 aromatic rings. The van der Waals surface area contributed by atoms with Gasteiger partial charge in [-0.15, -0.1) is 0 Å². The van der Waals surface area contributed by atoms with Crippen LogP contribution in [0, 0.1) is 0 Å². The van der Waals surface area contributed by atoms with Gasteiger partial charge in [0.05, 0.1) is 5.92 Å². The van der Waals surface area contributed by atoms with Crippen LogP contribution >= 0.6 is 0 Å². The van der Waals surface area contributed by atoms with Crippen LogP contribution in [0.2, 0.25) is 0 Å². The lowest BCUT2D eigenvalue weighted by molar-refractivity contribution is -0.145. The highest BCUT2D eigenvalue weighted by atomic mass is 16.5. The maximum absolute atomic E-state index is 11.7. The highest BCUT2D eigenvalue weighted by Gasteiger charge is 2.19. The molecule has 0 fully saturated rings. The van der Waals surface area contributed by atoms with Crippen molar-refractivity contribution in [3.8, 4) is 0 Å². The van der Waals surface area contributed by atoms with Crippen LogP contribution in [0.1, 0.15) is 24.8 Å². The number of esters is 1. The third-order valence-corrected chi connectivity index (χ3v) is 2.26. The van der Waals surface area contributed by atoms with Crippen molar-refractivity contribution >= 4 is 5.97 Å². The molecule has 0 aromatic heterocycles. The topological polar surface area (TPSA) is 52.3 Å². The molecule has 3 heteroatoms. The van der Waals surface area contributed by atoms with E-state index in [2.05, 4.69) is 0 Å². The monoisotopic (exact) mass is 207 g/mol. The van der Waals surface area contributed by atoms with Crippen molar-refractivity contribution in [1.29, 1.82) is 0 Å². The zero-order valence-electron chi connectivity index (χ0n) is 8.98. The molecule has 0 heterocycles. The fraction of sp³-hybridized carbons (Fsp3) is 0.417. The molecular weight excluding hydrogens is 190 g/mol. The summed E-state index contributed by atoms with van der Waals surface area (Å²) in [5, 5.41) is 0. The van der Waals surface area contributed by atoms with Crippen LogP contribution in [0.15, 0.2) is 30.3 Å². The quantitative estimate of drug-likeness (QED) is 0.747. The van der Waals surface area contributed by atoms with E-state index in [1.165, 1.54) is 0 Å². The summed E-state index contributed by atoms with van der Waals surface area (Å²) in [5.74, 6) is -0.355. The zero-order chi connectivity index (χ0) is 11.1. The molecule has 0 radical (unpaired) electrons. The fourth-order valence-corrected chi connectivity index (χ4v) is 1.48. The third kappa shape index (κ3) is 3.36.